The monoisotopic (exact) mass is 358 g/mol. The average molecular weight is 359 g/mol. The van der Waals surface area contributed by atoms with Crippen LogP contribution in [0.2, 0.25) is 0 Å². The number of hydrogen-bond donors (Lipinski definition) is 0. The maximum atomic E-state index is 14.6. The first-order chi connectivity index (χ1) is 10.3. The van der Waals surface area contributed by atoms with E-state index in [-0.39, 0.29) is 5.82 Å². The van der Waals surface area contributed by atoms with Gasteiger partial charge in [0, 0.05) is 5.30 Å². The van der Waals surface area contributed by atoms with Crippen LogP contribution in [0.4, 0.5) is 4.39 Å². The van der Waals surface area contributed by atoms with Crippen LogP contribution in [-0.4, -0.2) is 0 Å². The molecule has 0 aromatic heterocycles. The molecule has 3 heteroatoms. The van der Waals surface area contributed by atoms with Crippen molar-refractivity contribution in [3.05, 3.63) is 89.2 Å². The molecule has 21 heavy (non-hydrogen) atoms. The molecule has 0 saturated carbocycles. The maximum absolute atomic E-state index is 14.6. The lowest BCUT2D eigenvalue weighted by Gasteiger charge is -2.20. The predicted molar refractivity (Wildman–Crippen MR) is 92.8 cm³/mol. The maximum Gasteiger partial charge on any atom is 0.145 e. The minimum atomic E-state index is -0.888. The molecule has 3 aromatic carbocycles. The molecule has 3 aromatic rings. The van der Waals surface area contributed by atoms with Crippen LogP contribution < -0.4 is 15.9 Å². The summed E-state index contributed by atoms with van der Waals surface area (Å²) in [4.78, 5) is 0. The Morgan fingerprint density at radius 2 is 1.19 bits per heavy atom. The highest BCUT2D eigenvalue weighted by Gasteiger charge is 2.20. The van der Waals surface area contributed by atoms with E-state index in [4.69, 9.17) is 0 Å². The van der Waals surface area contributed by atoms with E-state index in [1.54, 1.807) is 6.07 Å². The molecular weight excluding hydrogens is 346 g/mol. The molecule has 0 fully saturated rings. The summed E-state index contributed by atoms with van der Waals surface area (Å²) in [5.41, 5.74) is 0. The normalized spacial score (nSPS) is 10.8. The Morgan fingerprint density at radius 1 is 0.667 bits per heavy atom. The smallest absolute Gasteiger partial charge is 0.145 e. The summed E-state index contributed by atoms with van der Waals surface area (Å²) in [5.74, 6) is -0.170. The SMILES string of the molecule is Fc1c(Br)cccc1P(c1ccccc1)c1ccccc1. The third-order valence-electron chi connectivity index (χ3n) is 3.20. The standard InChI is InChI=1S/C18H13BrFP/c19-16-12-7-13-17(18(16)20)21(14-8-3-1-4-9-14)15-10-5-2-6-11-15/h1-13H. The second-order valence-electron chi connectivity index (χ2n) is 4.58. The van der Waals surface area contributed by atoms with E-state index < -0.39 is 7.92 Å². The van der Waals surface area contributed by atoms with E-state index in [9.17, 15) is 4.39 Å². The molecule has 0 bridgehead atoms. The van der Waals surface area contributed by atoms with E-state index in [1.807, 2.05) is 48.5 Å². The summed E-state index contributed by atoms with van der Waals surface area (Å²) in [6, 6.07) is 25.8. The van der Waals surface area contributed by atoms with Crippen LogP contribution in [0.25, 0.3) is 0 Å². The minimum Gasteiger partial charge on any atom is -0.205 e. The first-order valence-electron chi connectivity index (χ1n) is 6.61. The molecule has 0 saturated heterocycles. The molecular formula is C18H13BrFP. The van der Waals surface area contributed by atoms with Crippen molar-refractivity contribution in [2.45, 2.75) is 0 Å². The van der Waals surface area contributed by atoms with Crippen LogP contribution in [0.1, 0.15) is 0 Å². The first kappa shape index (κ1) is 14.4. The first-order valence-corrected chi connectivity index (χ1v) is 8.75. The van der Waals surface area contributed by atoms with Gasteiger partial charge in [0.05, 0.1) is 4.47 Å². The van der Waals surface area contributed by atoms with Crippen molar-refractivity contribution < 1.29 is 4.39 Å². The van der Waals surface area contributed by atoms with Gasteiger partial charge in [0.2, 0.25) is 0 Å². The number of rotatable bonds is 3. The summed E-state index contributed by atoms with van der Waals surface area (Å²) < 4.78 is 15.1. The van der Waals surface area contributed by atoms with Gasteiger partial charge in [-0.15, -0.1) is 0 Å². The van der Waals surface area contributed by atoms with Gasteiger partial charge in [-0.25, -0.2) is 4.39 Å². The molecule has 0 aliphatic carbocycles. The highest BCUT2D eigenvalue weighted by Crippen LogP contribution is 2.34. The Hall–Kier alpha value is -1.50. The van der Waals surface area contributed by atoms with Crippen molar-refractivity contribution in [3.63, 3.8) is 0 Å². The van der Waals surface area contributed by atoms with Crippen LogP contribution in [0, 0.1) is 5.82 Å². The van der Waals surface area contributed by atoms with E-state index in [0.29, 0.717) is 4.47 Å². The summed E-state index contributed by atoms with van der Waals surface area (Å²) >= 11 is 3.29. The van der Waals surface area contributed by atoms with Gasteiger partial charge in [-0.2, -0.15) is 0 Å². The number of benzene rings is 3. The van der Waals surface area contributed by atoms with Gasteiger partial charge in [0.1, 0.15) is 5.82 Å². The lowest BCUT2D eigenvalue weighted by Crippen LogP contribution is -2.23. The summed E-state index contributed by atoms with van der Waals surface area (Å²) in [6.07, 6.45) is 0. The lowest BCUT2D eigenvalue weighted by atomic mass is 10.3. The van der Waals surface area contributed by atoms with Crippen LogP contribution in [0.5, 0.6) is 0 Å². The number of hydrogen-bond acceptors (Lipinski definition) is 0. The van der Waals surface area contributed by atoms with Crippen LogP contribution in [-0.2, 0) is 0 Å². The van der Waals surface area contributed by atoms with Crippen LogP contribution in [0.3, 0.4) is 0 Å². The Bertz CT molecular complexity index is 689. The zero-order valence-corrected chi connectivity index (χ0v) is 13.7. The molecule has 0 nitrogen and oxygen atoms in total. The largest absolute Gasteiger partial charge is 0.205 e. The van der Waals surface area contributed by atoms with E-state index in [0.717, 1.165) is 15.9 Å². The molecule has 0 spiro atoms. The molecule has 0 aliphatic rings. The van der Waals surface area contributed by atoms with Crippen molar-refractivity contribution >= 4 is 39.8 Å². The van der Waals surface area contributed by atoms with Gasteiger partial charge >= 0.3 is 0 Å². The highest BCUT2D eigenvalue weighted by atomic mass is 79.9. The fourth-order valence-electron chi connectivity index (χ4n) is 2.25. The Labute approximate surface area is 133 Å². The van der Waals surface area contributed by atoms with Gasteiger partial charge in [-0.3, -0.25) is 0 Å². The summed E-state index contributed by atoms with van der Waals surface area (Å²) in [7, 11) is -0.888. The molecule has 104 valence electrons. The van der Waals surface area contributed by atoms with Gasteiger partial charge in [0.25, 0.3) is 0 Å². The molecule has 0 radical (unpaired) electrons. The second kappa shape index (κ2) is 6.51. The van der Waals surface area contributed by atoms with E-state index >= 15 is 0 Å². The van der Waals surface area contributed by atoms with E-state index in [2.05, 4.69) is 40.2 Å². The van der Waals surface area contributed by atoms with Crippen LogP contribution >= 0.6 is 23.9 Å². The predicted octanol–water partition coefficient (Wildman–Crippen LogP) is 4.35. The average Bonchev–Trinajstić information content (AvgIpc) is 2.54. The molecule has 0 atom stereocenters. The van der Waals surface area contributed by atoms with Gasteiger partial charge in [-0.1, -0.05) is 72.8 Å². The van der Waals surface area contributed by atoms with Crippen LogP contribution in [0.15, 0.2) is 83.3 Å². The number of halogens is 2. The Kier molecular flexibility index (Phi) is 4.48. The highest BCUT2D eigenvalue weighted by molar-refractivity contribution is 9.10. The molecule has 0 aliphatic heterocycles. The van der Waals surface area contributed by atoms with Crippen molar-refractivity contribution in [1.29, 1.82) is 0 Å². The third kappa shape index (κ3) is 3.07. The van der Waals surface area contributed by atoms with Gasteiger partial charge in [-0.05, 0) is 40.5 Å². The van der Waals surface area contributed by atoms with Crippen molar-refractivity contribution in [3.8, 4) is 0 Å². The summed E-state index contributed by atoms with van der Waals surface area (Å²) in [5, 5.41) is 3.04. The van der Waals surface area contributed by atoms with Crippen molar-refractivity contribution in [2.75, 3.05) is 0 Å². The fourth-order valence-corrected chi connectivity index (χ4v) is 5.11. The molecule has 0 amide bonds. The second-order valence-corrected chi connectivity index (χ2v) is 7.62. The van der Waals surface area contributed by atoms with Crippen molar-refractivity contribution in [1.82, 2.24) is 0 Å². The van der Waals surface area contributed by atoms with E-state index in [1.165, 1.54) is 0 Å². The van der Waals surface area contributed by atoms with Gasteiger partial charge < -0.3 is 0 Å². The topological polar surface area (TPSA) is 0 Å². The molecule has 0 heterocycles. The molecule has 0 unspecified atom stereocenters. The Balaban J connectivity index is 2.20. The summed E-state index contributed by atoms with van der Waals surface area (Å²) in [6.45, 7) is 0. The lowest BCUT2D eigenvalue weighted by molar-refractivity contribution is 0.630. The minimum absolute atomic E-state index is 0.170. The zero-order valence-electron chi connectivity index (χ0n) is 11.2. The third-order valence-corrected chi connectivity index (χ3v) is 6.27. The Morgan fingerprint density at radius 3 is 1.71 bits per heavy atom. The van der Waals surface area contributed by atoms with Gasteiger partial charge in [0.15, 0.2) is 0 Å². The molecule has 0 N–H and O–H groups in total. The quantitative estimate of drug-likeness (QED) is 0.610. The fraction of sp³-hybridized carbons (Fsp3) is 0. The zero-order chi connectivity index (χ0) is 14.7. The van der Waals surface area contributed by atoms with Crippen molar-refractivity contribution in [2.24, 2.45) is 0 Å². The molecule has 3 rings (SSSR count).